The van der Waals surface area contributed by atoms with E-state index in [9.17, 15) is 9.59 Å². The van der Waals surface area contributed by atoms with Crippen LogP contribution in [0.25, 0.3) is 0 Å². The van der Waals surface area contributed by atoms with E-state index in [1.165, 1.54) is 12.0 Å². The number of halogens is 1. The number of likely N-dealkylation sites (tertiary alicyclic amines) is 1. The zero-order valence-electron chi connectivity index (χ0n) is 10.4. The van der Waals surface area contributed by atoms with Gasteiger partial charge in [0.05, 0.1) is 6.10 Å². The first-order chi connectivity index (χ1) is 9.02. The van der Waals surface area contributed by atoms with Crippen molar-refractivity contribution in [2.75, 3.05) is 13.7 Å². The molecule has 0 saturated carbocycles. The summed E-state index contributed by atoms with van der Waals surface area (Å²) < 4.78 is 5.15. The molecule has 0 bridgehead atoms. The number of rotatable bonds is 3. The van der Waals surface area contributed by atoms with Gasteiger partial charge < -0.3 is 14.7 Å². The van der Waals surface area contributed by atoms with Crippen LogP contribution < -0.4 is 0 Å². The van der Waals surface area contributed by atoms with E-state index in [0.717, 1.165) is 0 Å². The molecule has 1 saturated heterocycles. The third-order valence-electron chi connectivity index (χ3n) is 3.23. The summed E-state index contributed by atoms with van der Waals surface area (Å²) in [5.41, 5.74) is 0.424. The topological polar surface area (TPSA) is 66.8 Å². The zero-order valence-corrected chi connectivity index (χ0v) is 11.1. The average molecular weight is 284 g/mol. The molecule has 1 N–H and O–H groups in total. The Kier molecular flexibility index (Phi) is 4.07. The Morgan fingerprint density at radius 1 is 1.37 bits per heavy atom. The highest BCUT2D eigenvalue weighted by molar-refractivity contribution is 6.30. The number of carbonyl (C=O) groups excluding carboxylic acids is 1. The predicted octanol–water partition coefficient (Wildman–Crippen LogP) is 1.65. The third-order valence-corrected chi connectivity index (χ3v) is 3.49. The van der Waals surface area contributed by atoms with Crippen LogP contribution in [0.4, 0.5) is 0 Å². The van der Waals surface area contributed by atoms with Crippen LogP contribution >= 0.6 is 11.6 Å². The highest BCUT2D eigenvalue weighted by atomic mass is 35.5. The van der Waals surface area contributed by atoms with Crippen molar-refractivity contribution in [2.24, 2.45) is 0 Å². The van der Waals surface area contributed by atoms with Crippen LogP contribution in [0.15, 0.2) is 24.3 Å². The molecular weight excluding hydrogens is 270 g/mol. The van der Waals surface area contributed by atoms with E-state index in [1.807, 2.05) is 0 Å². The zero-order chi connectivity index (χ0) is 14.0. The summed E-state index contributed by atoms with van der Waals surface area (Å²) in [5, 5.41) is 9.70. The van der Waals surface area contributed by atoms with Gasteiger partial charge in [-0.2, -0.15) is 0 Å². The van der Waals surface area contributed by atoms with Crippen molar-refractivity contribution in [3.05, 3.63) is 34.9 Å². The molecule has 0 spiro atoms. The first kappa shape index (κ1) is 13.8. The summed E-state index contributed by atoms with van der Waals surface area (Å²) in [7, 11) is 1.51. The van der Waals surface area contributed by atoms with Gasteiger partial charge in [-0.3, -0.25) is 4.79 Å². The molecule has 1 fully saturated rings. The van der Waals surface area contributed by atoms with Crippen molar-refractivity contribution in [3.63, 3.8) is 0 Å². The first-order valence-corrected chi connectivity index (χ1v) is 6.23. The molecular formula is C13H14ClNO4. The number of nitrogens with zero attached hydrogens (tertiary/aromatic N) is 1. The van der Waals surface area contributed by atoms with Gasteiger partial charge in [0.25, 0.3) is 5.91 Å². The van der Waals surface area contributed by atoms with Gasteiger partial charge in [-0.05, 0) is 24.3 Å². The molecule has 0 aromatic heterocycles. The van der Waals surface area contributed by atoms with Crippen LogP contribution in [0.3, 0.4) is 0 Å². The van der Waals surface area contributed by atoms with Crippen molar-refractivity contribution in [1.82, 2.24) is 4.90 Å². The molecule has 6 heteroatoms. The van der Waals surface area contributed by atoms with E-state index in [-0.39, 0.29) is 18.6 Å². The molecule has 19 heavy (non-hydrogen) atoms. The Hall–Kier alpha value is -1.59. The van der Waals surface area contributed by atoms with Gasteiger partial charge in [0.1, 0.15) is 6.04 Å². The average Bonchev–Trinajstić information content (AvgIpc) is 2.83. The lowest BCUT2D eigenvalue weighted by Crippen LogP contribution is -2.40. The number of aliphatic carboxylic acids is 1. The van der Waals surface area contributed by atoms with Gasteiger partial charge in [0.2, 0.25) is 0 Å². The van der Waals surface area contributed by atoms with Gasteiger partial charge in [0, 0.05) is 30.7 Å². The van der Waals surface area contributed by atoms with Crippen LogP contribution in [0.2, 0.25) is 5.02 Å². The molecule has 2 unspecified atom stereocenters. The first-order valence-electron chi connectivity index (χ1n) is 5.85. The fourth-order valence-electron chi connectivity index (χ4n) is 2.19. The number of benzene rings is 1. The number of carboxylic acids is 1. The lowest BCUT2D eigenvalue weighted by atomic mass is 10.1. The number of ether oxygens (including phenoxy) is 1. The maximum absolute atomic E-state index is 12.3. The molecule has 2 atom stereocenters. The maximum atomic E-state index is 12.3. The van der Waals surface area contributed by atoms with Gasteiger partial charge in [-0.1, -0.05) is 11.6 Å². The second kappa shape index (κ2) is 5.59. The maximum Gasteiger partial charge on any atom is 0.326 e. The summed E-state index contributed by atoms with van der Waals surface area (Å²) in [5.74, 6) is -1.33. The molecule has 102 valence electrons. The molecule has 2 rings (SSSR count). The Morgan fingerprint density at radius 3 is 2.53 bits per heavy atom. The molecule has 0 radical (unpaired) electrons. The Bertz CT molecular complexity index is 488. The molecule has 5 nitrogen and oxygen atoms in total. The van der Waals surface area contributed by atoms with E-state index in [4.69, 9.17) is 21.4 Å². The number of carboxylic acid groups (broad SMARTS) is 1. The van der Waals surface area contributed by atoms with E-state index >= 15 is 0 Å². The second-order valence-corrected chi connectivity index (χ2v) is 4.85. The molecule has 1 aromatic carbocycles. The Morgan fingerprint density at radius 2 is 2.00 bits per heavy atom. The monoisotopic (exact) mass is 283 g/mol. The van der Waals surface area contributed by atoms with Crippen LogP contribution in [0, 0.1) is 0 Å². The third kappa shape index (κ3) is 2.88. The van der Waals surface area contributed by atoms with Crippen molar-refractivity contribution < 1.29 is 19.4 Å². The van der Waals surface area contributed by atoms with Crippen molar-refractivity contribution >= 4 is 23.5 Å². The van der Waals surface area contributed by atoms with Crippen LogP contribution in [-0.4, -0.2) is 47.7 Å². The van der Waals surface area contributed by atoms with Crippen molar-refractivity contribution in [1.29, 1.82) is 0 Å². The summed E-state index contributed by atoms with van der Waals surface area (Å²) >= 11 is 5.76. The normalized spacial score (nSPS) is 22.5. The Labute approximate surface area is 115 Å². The summed E-state index contributed by atoms with van der Waals surface area (Å²) in [6, 6.07) is 5.55. The minimum absolute atomic E-state index is 0.239. The van der Waals surface area contributed by atoms with E-state index in [0.29, 0.717) is 17.0 Å². The molecule has 0 aliphatic carbocycles. The minimum Gasteiger partial charge on any atom is -0.480 e. The van der Waals surface area contributed by atoms with E-state index in [2.05, 4.69) is 0 Å². The Balaban J connectivity index is 2.21. The minimum atomic E-state index is -1.01. The molecule has 1 amide bonds. The number of hydrogen-bond acceptors (Lipinski definition) is 3. The van der Waals surface area contributed by atoms with Crippen molar-refractivity contribution in [2.45, 2.75) is 18.6 Å². The highest BCUT2D eigenvalue weighted by Crippen LogP contribution is 2.23. The summed E-state index contributed by atoms with van der Waals surface area (Å²) in [6.45, 7) is 0.287. The van der Waals surface area contributed by atoms with Gasteiger partial charge in [-0.25, -0.2) is 4.79 Å². The lowest BCUT2D eigenvalue weighted by Gasteiger charge is -2.21. The predicted molar refractivity (Wildman–Crippen MR) is 69.3 cm³/mol. The summed E-state index contributed by atoms with van der Waals surface area (Å²) in [6.07, 6.45) is 0.0721. The largest absolute Gasteiger partial charge is 0.480 e. The molecule has 1 aliphatic rings. The second-order valence-electron chi connectivity index (χ2n) is 4.41. The number of amides is 1. The van der Waals surface area contributed by atoms with Gasteiger partial charge in [-0.15, -0.1) is 0 Å². The number of carbonyl (C=O) groups is 2. The van der Waals surface area contributed by atoms with Crippen LogP contribution in [0.1, 0.15) is 16.8 Å². The van der Waals surface area contributed by atoms with Crippen molar-refractivity contribution in [3.8, 4) is 0 Å². The van der Waals surface area contributed by atoms with E-state index in [1.54, 1.807) is 24.3 Å². The molecule has 1 aromatic rings. The standard InChI is InChI=1S/C13H14ClNO4/c1-19-10-6-11(13(17)18)15(7-10)12(16)8-2-4-9(14)5-3-8/h2-5,10-11H,6-7H2,1H3,(H,17,18). The fraction of sp³-hybridized carbons (Fsp3) is 0.385. The van der Waals surface area contributed by atoms with Crippen LogP contribution in [-0.2, 0) is 9.53 Å². The summed E-state index contributed by atoms with van der Waals surface area (Å²) in [4.78, 5) is 24.8. The number of hydrogen-bond donors (Lipinski definition) is 1. The smallest absolute Gasteiger partial charge is 0.326 e. The number of methoxy groups -OCH3 is 1. The van der Waals surface area contributed by atoms with Gasteiger partial charge in [0.15, 0.2) is 0 Å². The lowest BCUT2D eigenvalue weighted by molar-refractivity contribution is -0.141. The quantitative estimate of drug-likeness (QED) is 0.916. The van der Waals surface area contributed by atoms with Crippen LogP contribution in [0.5, 0.6) is 0 Å². The van der Waals surface area contributed by atoms with E-state index < -0.39 is 12.0 Å². The SMILES string of the molecule is COC1CC(C(=O)O)N(C(=O)c2ccc(Cl)cc2)C1. The fourth-order valence-corrected chi connectivity index (χ4v) is 2.31. The highest BCUT2D eigenvalue weighted by Gasteiger charge is 2.40. The molecule has 1 aliphatic heterocycles. The van der Waals surface area contributed by atoms with Gasteiger partial charge >= 0.3 is 5.97 Å². The molecule has 1 heterocycles.